The first-order valence-electron chi connectivity index (χ1n) is 33.4. The number of amides is 1. The molecule has 0 saturated carbocycles. The highest BCUT2D eigenvalue weighted by Crippen LogP contribution is 2.26. The van der Waals surface area contributed by atoms with Gasteiger partial charge in [-0.2, -0.15) is 0 Å². The first-order chi connectivity index (χ1) is 39.7. The van der Waals surface area contributed by atoms with E-state index in [1.807, 2.05) is 6.08 Å². The largest absolute Gasteiger partial charge is 0.454 e. The number of carbonyl (C=O) groups is 2. The van der Waals surface area contributed by atoms with Crippen LogP contribution in [-0.4, -0.2) is 99.6 Å². The molecule has 1 fully saturated rings. The van der Waals surface area contributed by atoms with E-state index >= 15 is 0 Å². The Balaban J connectivity index is 2.68. The van der Waals surface area contributed by atoms with Gasteiger partial charge >= 0.3 is 5.97 Å². The van der Waals surface area contributed by atoms with E-state index < -0.39 is 67.4 Å². The van der Waals surface area contributed by atoms with Crippen molar-refractivity contribution in [2.45, 2.75) is 333 Å². The zero-order valence-corrected chi connectivity index (χ0v) is 51.9. The predicted molar refractivity (Wildman–Crippen MR) is 338 cm³/mol. The highest BCUT2D eigenvalue weighted by Gasteiger charge is 2.47. The van der Waals surface area contributed by atoms with Crippen LogP contribution in [0, 0.1) is 0 Å². The van der Waals surface area contributed by atoms with Gasteiger partial charge in [0.15, 0.2) is 12.4 Å². The molecule has 0 radical (unpaired) electrons. The number of carbonyl (C=O) groups excluding carboxylic acids is 2. The molecule has 1 aliphatic rings. The van der Waals surface area contributed by atoms with Crippen LogP contribution >= 0.6 is 0 Å². The summed E-state index contributed by atoms with van der Waals surface area (Å²) in [5.41, 5.74) is 0. The van der Waals surface area contributed by atoms with Gasteiger partial charge in [-0.1, -0.05) is 260 Å². The van der Waals surface area contributed by atoms with Crippen molar-refractivity contribution in [2.24, 2.45) is 0 Å². The molecule has 8 unspecified atom stereocenters. The quantitative estimate of drug-likeness (QED) is 0.0195. The molecular formula is C70H123NO10. The van der Waals surface area contributed by atoms with Crippen LogP contribution in [0.15, 0.2) is 85.1 Å². The number of allylic oxidation sites excluding steroid dienone is 13. The molecular weight excluding hydrogens is 1010 g/mol. The van der Waals surface area contributed by atoms with Crippen molar-refractivity contribution >= 4 is 11.9 Å². The average Bonchev–Trinajstić information content (AvgIpc) is 3.47. The fourth-order valence-corrected chi connectivity index (χ4v) is 9.96. The van der Waals surface area contributed by atoms with Gasteiger partial charge in [-0.15, -0.1) is 0 Å². The van der Waals surface area contributed by atoms with Crippen LogP contribution < -0.4 is 5.32 Å². The lowest BCUT2D eigenvalue weighted by atomic mass is 9.99. The molecule has 0 aromatic carbocycles. The molecule has 81 heavy (non-hydrogen) atoms. The lowest BCUT2D eigenvalue weighted by molar-refractivity contribution is -0.305. The molecule has 468 valence electrons. The first-order valence-corrected chi connectivity index (χ1v) is 33.4. The smallest absolute Gasteiger partial charge is 0.306 e. The number of aliphatic hydroxyl groups excluding tert-OH is 5. The van der Waals surface area contributed by atoms with Gasteiger partial charge in [-0.25, -0.2) is 0 Å². The molecule has 0 spiro atoms. The molecule has 0 aromatic rings. The molecule has 1 rings (SSSR count). The second-order valence-electron chi connectivity index (χ2n) is 22.8. The lowest BCUT2D eigenvalue weighted by Crippen LogP contribution is -2.61. The Labute approximate surface area is 495 Å². The number of nitrogens with one attached hydrogen (secondary N) is 1. The Kier molecular flexibility index (Phi) is 53.6. The maximum Gasteiger partial charge on any atom is 0.306 e. The molecule has 11 heteroatoms. The molecule has 0 bridgehead atoms. The third kappa shape index (κ3) is 45.0. The van der Waals surface area contributed by atoms with E-state index in [9.17, 15) is 35.1 Å². The fourth-order valence-electron chi connectivity index (χ4n) is 9.96. The lowest BCUT2D eigenvalue weighted by Gasteiger charge is -2.41. The van der Waals surface area contributed by atoms with Crippen molar-refractivity contribution in [3.63, 3.8) is 0 Å². The van der Waals surface area contributed by atoms with Crippen molar-refractivity contribution in [3.05, 3.63) is 85.1 Å². The van der Waals surface area contributed by atoms with Crippen LogP contribution in [0.3, 0.4) is 0 Å². The van der Waals surface area contributed by atoms with Crippen LogP contribution in [0.2, 0.25) is 0 Å². The predicted octanol–water partition coefficient (Wildman–Crippen LogP) is 16.5. The maximum atomic E-state index is 13.5. The number of ether oxygens (including phenoxy) is 3. The van der Waals surface area contributed by atoms with Crippen molar-refractivity contribution in [3.8, 4) is 0 Å². The molecule has 8 atom stereocenters. The highest BCUT2D eigenvalue weighted by molar-refractivity contribution is 5.80. The summed E-state index contributed by atoms with van der Waals surface area (Å²) in [4.78, 5) is 26.6. The van der Waals surface area contributed by atoms with Crippen LogP contribution in [0.4, 0.5) is 0 Å². The van der Waals surface area contributed by atoms with Gasteiger partial charge in [-0.05, 0) is 103 Å². The molecule has 0 aliphatic carbocycles. The van der Waals surface area contributed by atoms with Crippen LogP contribution in [0.5, 0.6) is 0 Å². The SMILES string of the molecule is CCCCC/C=C\C/C=C\C/C=C\C/C=C\CCCCCC(=O)OC1C(OCC(NC(=O)C(O)CCCCCCCCCCCC/C=C\C/C=C\CCCCC)C(O)/C=C/CCCCCCCCCCCCC)OC(CO)C(O)C1O. The number of unbranched alkanes of at least 4 members (excludes halogenated alkanes) is 30. The number of aliphatic hydroxyl groups is 5. The van der Waals surface area contributed by atoms with E-state index in [0.717, 1.165) is 89.9 Å². The molecule has 1 saturated heterocycles. The van der Waals surface area contributed by atoms with Crippen molar-refractivity contribution < 1.29 is 49.3 Å². The van der Waals surface area contributed by atoms with E-state index in [1.165, 1.54) is 148 Å². The minimum absolute atomic E-state index is 0.0831. The number of rotatable bonds is 56. The maximum absolute atomic E-state index is 13.5. The first kappa shape index (κ1) is 75.9. The minimum Gasteiger partial charge on any atom is -0.454 e. The van der Waals surface area contributed by atoms with Gasteiger partial charge in [0.1, 0.15) is 24.4 Å². The van der Waals surface area contributed by atoms with Crippen LogP contribution in [-0.2, 0) is 23.8 Å². The van der Waals surface area contributed by atoms with E-state index in [4.69, 9.17) is 14.2 Å². The second kappa shape index (κ2) is 57.3. The summed E-state index contributed by atoms with van der Waals surface area (Å²) in [5.74, 6) is -1.23. The molecule has 6 N–H and O–H groups in total. The summed E-state index contributed by atoms with van der Waals surface area (Å²) in [6.45, 7) is 5.74. The van der Waals surface area contributed by atoms with Gasteiger partial charge in [0.25, 0.3) is 0 Å². The van der Waals surface area contributed by atoms with E-state index in [2.05, 4.69) is 99.0 Å². The summed E-state index contributed by atoms with van der Waals surface area (Å²) in [7, 11) is 0. The van der Waals surface area contributed by atoms with Crippen LogP contribution in [0.25, 0.3) is 0 Å². The van der Waals surface area contributed by atoms with Crippen molar-refractivity contribution in [2.75, 3.05) is 13.2 Å². The summed E-state index contributed by atoms with van der Waals surface area (Å²) in [6, 6.07) is -1.04. The minimum atomic E-state index is -1.63. The zero-order chi connectivity index (χ0) is 58.9. The normalized spacial score (nSPS) is 19.2. The zero-order valence-electron chi connectivity index (χ0n) is 51.9. The van der Waals surface area contributed by atoms with E-state index in [1.54, 1.807) is 6.08 Å². The summed E-state index contributed by atoms with van der Waals surface area (Å²) in [5, 5.41) is 57.1. The van der Waals surface area contributed by atoms with E-state index in [0.29, 0.717) is 12.8 Å². The van der Waals surface area contributed by atoms with Crippen LogP contribution in [0.1, 0.15) is 284 Å². The van der Waals surface area contributed by atoms with Gasteiger partial charge in [-0.3, -0.25) is 9.59 Å². The molecule has 1 heterocycles. The van der Waals surface area contributed by atoms with Gasteiger partial charge in [0.05, 0.1) is 25.4 Å². The number of esters is 1. The van der Waals surface area contributed by atoms with Crippen molar-refractivity contribution in [1.29, 1.82) is 0 Å². The highest BCUT2D eigenvalue weighted by atomic mass is 16.7. The van der Waals surface area contributed by atoms with E-state index in [-0.39, 0.29) is 19.4 Å². The molecule has 0 aromatic heterocycles. The molecule has 1 amide bonds. The monoisotopic (exact) mass is 1140 g/mol. The van der Waals surface area contributed by atoms with Gasteiger partial charge in [0.2, 0.25) is 5.91 Å². The van der Waals surface area contributed by atoms with Crippen molar-refractivity contribution in [1.82, 2.24) is 5.32 Å². The van der Waals surface area contributed by atoms with Gasteiger partial charge in [0, 0.05) is 6.42 Å². The molecule has 11 nitrogen and oxygen atoms in total. The average molecular weight is 1140 g/mol. The number of hydrogen-bond donors (Lipinski definition) is 6. The Hall–Kier alpha value is -3.16. The summed E-state index contributed by atoms with van der Waals surface area (Å²) in [6.07, 6.45) is 64.7. The third-order valence-electron chi connectivity index (χ3n) is 15.3. The summed E-state index contributed by atoms with van der Waals surface area (Å²) < 4.78 is 17.6. The number of hydrogen-bond acceptors (Lipinski definition) is 10. The Morgan fingerprint density at radius 3 is 1.30 bits per heavy atom. The fraction of sp³-hybridized carbons (Fsp3) is 0.771. The summed E-state index contributed by atoms with van der Waals surface area (Å²) >= 11 is 0. The second-order valence-corrected chi connectivity index (χ2v) is 22.8. The Morgan fingerprint density at radius 2 is 0.852 bits per heavy atom. The standard InChI is InChI=1S/C70H123NO10/c1-4-7-10-13-16-19-22-25-27-29-31-33-34-36-39-42-45-48-51-54-57-63(74)69(78)71-61(62(73)56-53-50-47-44-41-38-24-21-18-15-12-9-6-3)60-79-70-68(67(77)66(76)64(59-72)80-70)81-65(75)58-55-52-49-46-43-40-37-35-32-30-28-26-23-20-17-14-11-8-5-2/h16-17,19-20,25-28,32,35,40,43,53,56,61-64,66-68,70,72-74,76-77H,4-15,18,21-24,29-31,33-34,36-39,41-42,44-52,54-55,57-60H2,1-3H3,(H,71,78)/b19-16-,20-17-,27-25-,28-26-,35-32-,43-40-,56-53+. The molecule has 1 aliphatic heterocycles. The Bertz CT molecular complexity index is 1640. The topological polar surface area (TPSA) is 175 Å². The Morgan fingerprint density at radius 1 is 0.481 bits per heavy atom. The third-order valence-corrected chi connectivity index (χ3v) is 15.3. The van der Waals surface area contributed by atoms with Gasteiger partial charge < -0.3 is 45.1 Å².